The van der Waals surface area contributed by atoms with Gasteiger partial charge in [-0.2, -0.15) is 5.26 Å². The number of anilines is 1. The van der Waals surface area contributed by atoms with Crippen molar-refractivity contribution in [2.75, 3.05) is 18.9 Å². The molecule has 22 heavy (non-hydrogen) atoms. The molecule has 0 heterocycles. The van der Waals surface area contributed by atoms with Crippen LogP contribution < -0.4 is 15.8 Å². The number of rotatable bonds is 7. The Morgan fingerprint density at radius 2 is 2.09 bits per heavy atom. The van der Waals surface area contributed by atoms with Crippen LogP contribution in [0.25, 0.3) is 0 Å². The number of nitrogens with zero attached hydrogens (tertiary/aromatic N) is 1. The average Bonchev–Trinajstić information content (AvgIpc) is 2.56. The molecule has 1 atom stereocenters. The number of carbonyl (C=O) groups excluding carboxylic acids is 1. The van der Waals surface area contributed by atoms with E-state index in [0.717, 1.165) is 11.8 Å². The number of nitrogens with two attached hydrogens (primary N) is 1. The van der Waals surface area contributed by atoms with Gasteiger partial charge >= 0.3 is 0 Å². The minimum atomic E-state index is -0.489. The van der Waals surface area contributed by atoms with Gasteiger partial charge in [0.25, 0.3) is 0 Å². The average molecular weight is 295 g/mol. The molecule has 0 radical (unpaired) electrons. The van der Waals surface area contributed by atoms with E-state index < -0.39 is 6.04 Å². The summed E-state index contributed by atoms with van der Waals surface area (Å²) in [6, 6.07) is 15.9. The lowest BCUT2D eigenvalue weighted by molar-refractivity contribution is 0.112. The zero-order valence-corrected chi connectivity index (χ0v) is 12.0. The van der Waals surface area contributed by atoms with Gasteiger partial charge in [-0.05, 0) is 23.8 Å². The molecule has 0 spiro atoms. The second-order valence-corrected chi connectivity index (χ2v) is 4.69. The number of aldehydes is 1. The Bertz CT molecular complexity index is 680. The lowest BCUT2D eigenvalue weighted by atomic mass is 10.1. The zero-order chi connectivity index (χ0) is 15.8. The molecule has 2 rings (SSSR count). The number of para-hydroxylation sites is 2. The van der Waals surface area contributed by atoms with Crippen molar-refractivity contribution in [1.82, 2.24) is 5.32 Å². The van der Waals surface area contributed by atoms with E-state index in [-0.39, 0.29) is 0 Å². The Hall–Kier alpha value is -2.84. The molecule has 0 aliphatic rings. The van der Waals surface area contributed by atoms with Crippen molar-refractivity contribution in [2.24, 2.45) is 0 Å². The maximum Gasteiger partial charge on any atom is 0.150 e. The van der Waals surface area contributed by atoms with E-state index in [9.17, 15) is 10.1 Å². The van der Waals surface area contributed by atoms with Gasteiger partial charge in [-0.1, -0.05) is 30.3 Å². The number of benzene rings is 2. The Morgan fingerprint density at radius 1 is 1.27 bits per heavy atom. The highest BCUT2D eigenvalue weighted by atomic mass is 16.5. The summed E-state index contributed by atoms with van der Waals surface area (Å²) in [4.78, 5) is 10.8. The maximum absolute atomic E-state index is 10.8. The highest BCUT2D eigenvalue weighted by Gasteiger charge is 2.10. The van der Waals surface area contributed by atoms with Crippen LogP contribution in [-0.4, -0.2) is 19.4 Å². The molecular formula is C17H17N3O2. The van der Waals surface area contributed by atoms with Crippen molar-refractivity contribution in [3.8, 4) is 11.8 Å². The van der Waals surface area contributed by atoms with Crippen molar-refractivity contribution in [3.63, 3.8) is 0 Å². The molecule has 0 bridgehead atoms. The monoisotopic (exact) mass is 295 g/mol. The molecule has 0 aliphatic heterocycles. The zero-order valence-electron chi connectivity index (χ0n) is 12.0. The first-order valence-electron chi connectivity index (χ1n) is 6.90. The van der Waals surface area contributed by atoms with Crippen molar-refractivity contribution in [2.45, 2.75) is 6.04 Å². The summed E-state index contributed by atoms with van der Waals surface area (Å²) < 4.78 is 5.56. The highest BCUT2D eigenvalue weighted by Crippen LogP contribution is 2.19. The minimum Gasteiger partial charge on any atom is -0.490 e. The van der Waals surface area contributed by atoms with Crippen LogP contribution in [0.2, 0.25) is 0 Å². The molecule has 2 aromatic carbocycles. The number of nitrogen functional groups attached to an aromatic ring is 1. The number of nitrogens with one attached hydrogen (secondary N) is 1. The Labute approximate surface area is 129 Å². The van der Waals surface area contributed by atoms with Crippen molar-refractivity contribution < 1.29 is 9.53 Å². The van der Waals surface area contributed by atoms with Gasteiger partial charge in [0.2, 0.25) is 0 Å². The molecule has 0 fully saturated rings. The summed E-state index contributed by atoms with van der Waals surface area (Å²) in [7, 11) is 0. The predicted molar refractivity (Wildman–Crippen MR) is 84.5 cm³/mol. The van der Waals surface area contributed by atoms with Gasteiger partial charge in [0, 0.05) is 12.1 Å². The summed E-state index contributed by atoms with van der Waals surface area (Å²) in [6.45, 7) is 0.873. The minimum absolute atomic E-state index is 0.389. The van der Waals surface area contributed by atoms with Crippen LogP contribution in [0.1, 0.15) is 22.0 Å². The molecule has 0 aromatic heterocycles. The summed E-state index contributed by atoms with van der Waals surface area (Å²) in [5, 5.41) is 12.3. The molecule has 0 saturated carbocycles. The molecule has 0 unspecified atom stereocenters. The number of nitriles is 1. The molecule has 112 valence electrons. The van der Waals surface area contributed by atoms with Crippen LogP contribution in [0.3, 0.4) is 0 Å². The Kier molecular flexibility index (Phi) is 5.52. The standard InChI is InChI=1S/C17H17N3O2/c18-11-16(14-5-3-4-13(10-14)12-21)20-8-9-22-17-7-2-1-6-15(17)19/h1-7,10,12,16,20H,8-9,19H2/t16-/m1/s1. The fraction of sp³-hybridized carbons (Fsp3) is 0.176. The van der Waals surface area contributed by atoms with Gasteiger partial charge in [0.15, 0.2) is 0 Å². The quantitative estimate of drug-likeness (QED) is 0.465. The van der Waals surface area contributed by atoms with E-state index in [0.29, 0.717) is 30.2 Å². The van der Waals surface area contributed by atoms with Gasteiger partial charge in [0.1, 0.15) is 24.7 Å². The van der Waals surface area contributed by atoms with E-state index in [1.54, 1.807) is 30.3 Å². The fourth-order valence-corrected chi connectivity index (χ4v) is 2.03. The van der Waals surface area contributed by atoms with Gasteiger partial charge in [0.05, 0.1) is 11.8 Å². The van der Waals surface area contributed by atoms with Crippen molar-refractivity contribution in [3.05, 3.63) is 59.7 Å². The van der Waals surface area contributed by atoms with E-state index in [2.05, 4.69) is 11.4 Å². The van der Waals surface area contributed by atoms with Crippen LogP contribution >= 0.6 is 0 Å². The van der Waals surface area contributed by atoms with Crippen LogP contribution in [0, 0.1) is 11.3 Å². The van der Waals surface area contributed by atoms with Gasteiger partial charge < -0.3 is 10.5 Å². The Morgan fingerprint density at radius 3 is 2.82 bits per heavy atom. The summed E-state index contributed by atoms with van der Waals surface area (Å²) in [6.07, 6.45) is 0.763. The number of ether oxygens (including phenoxy) is 1. The number of hydrogen-bond acceptors (Lipinski definition) is 5. The first kappa shape index (κ1) is 15.5. The van der Waals surface area contributed by atoms with Gasteiger partial charge in [-0.25, -0.2) is 0 Å². The molecule has 5 nitrogen and oxygen atoms in total. The van der Waals surface area contributed by atoms with E-state index >= 15 is 0 Å². The second kappa shape index (κ2) is 7.81. The molecule has 3 N–H and O–H groups in total. The summed E-state index contributed by atoms with van der Waals surface area (Å²) in [5.41, 5.74) is 7.67. The lowest BCUT2D eigenvalue weighted by Crippen LogP contribution is -2.25. The topological polar surface area (TPSA) is 88.1 Å². The third kappa shape index (κ3) is 4.08. The van der Waals surface area contributed by atoms with Crippen LogP contribution in [0.5, 0.6) is 5.75 Å². The summed E-state index contributed by atoms with van der Waals surface area (Å²) >= 11 is 0. The van der Waals surface area contributed by atoms with Crippen molar-refractivity contribution >= 4 is 12.0 Å². The van der Waals surface area contributed by atoms with E-state index in [1.807, 2.05) is 18.2 Å². The van der Waals surface area contributed by atoms with Gasteiger partial charge in [-0.3, -0.25) is 10.1 Å². The molecule has 0 amide bonds. The lowest BCUT2D eigenvalue weighted by Gasteiger charge is -2.13. The van der Waals surface area contributed by atoms with E-state index in [4.69, 9.17) is 10.5 Å². The molecule has 0 saturated heterocycles. The third-order valence-electron chi connectivity index (χ3n) is 3.14. The second-order valence-electron chi connectivity index (χ2n) is 4.69. The number of carbonyl (C=O) groups is 1. The fourth-order valence-electron chi connectivity index (χ4n) is 2.03. The predicted octanol–water partition coefficient (Wildman–Crippen LogP) is 2.31. The van der Waals surface area contributed by atoms with Crippen LogP contribution in [0.4, 0.5) is 5.69 Å². The molecular weight excluding hydrogens is 278 g/mol. The first-order valence-corrected chi connectivity index (χ1v) is 6.90. The molecule has 2 aromatic rings. The molecule has 0 aliphatic carbocycles. The van der Waals surface area contributed by atoms with E-state index in [1.165, 1.54) is 0 Å². The molecule has 5 heteroatoms. The highest BCUT2D eigenvalue weighted by molar-refractivity contribution is 5.75. The third-order valence-corrected chi connectivity index (χ3v) is 3.14. The van der Waals surface area contributed by atoms with Crippen LogP contribution in [-0.2, 0) is 0 Å². The van der Waals surface area contributed by atoms with Crippen LogP contribution in [0.15, 0.2) is 48.5 Å². The van der Waals surface area contributed by atoms with Gasteiger partial charge in [-0.15, -0.1) is 0 Å². The maximum atomic E-state index is 10.8. The normalized spacial score (nSPS) is 11.4. The van der Waals surface area contributed by atoms with Crippen molar-refractivity contribution in [1.29, 1.82) is 5.26 Å². The Balaban J connectivity index is 1.88. The largest absolute Gasteiger partial charge is 0.490 e. The summed E-state index contributed by atoms with van der Waals surface area (Å²) in [5.74, 6) is 0.626. The smallest absolute Gasteiger partial charge is 0.150 e. The first-order chi connectivity index (χ1) is 10.7. The number of hydrogen-bond donors (Lipinski definition) is 2. The SMILES string of the molecule is N#C[C@@H](NCCOc1ccccc1N)c1cccc(C=O)c1.